The zero-order valence-corrected chi connectivity index (χ0v) is 13.2. The van der Waals surface area contributed by atoms with Crippen molar-refractivity contribution in [2.24, 2.45) is 7.05 Å². The molecule has 0 aliphatic rings. The van der Waals surface area contributed by atoms with E-state index in [2.05, 4.69) is 9.97 Å². The quantitative estimate of drug-likeness (QED) is 0.535. The third-order valence-electron chi connectivity index (χ3n) is 3.51. The van der Waals surface area contributed by atoms with Crippen molar-refractivity contribution in [3.8, 4) is 17.2 Å². The van der Waals surface area contributed by atoms with Crippen LogP contribution in [-0.4, -0.2) is 20.8 Å². The first-order valence-electron chi connectivity index (χ1n) is 6.66. The standard InChI is InChI=1S/C16H11FN4OS/c1-21-14-10(8-19-16(20-14)23-2)6-11(15(21)22)13-9(7-18)4-3-5-12(13)17/h3-6,8H,1-2H3. The summed E-state index contributed by atoms with van der Waals surface area (Å²) in [4.78, 5) is 21.1. The highest BCUT2D eigenvalue weighted by Crippen LogP contribution is 2.26. The van der Waals surface area contributed by atoms with Gasteiger partial charge in [-0.2, -0.15) is 5.26 Å². The summed E-state index contributed by atoms with van der Waals surface area (Å²) in [6.07, 6.45) is 3.43. The minimum absolute atomic E-state index is 0.00597. The van der Waals surface area contributed by atoms with Gasteiger partial charge >= 0.3 is 0 Å². The molecule has 0 unspecified atom stereocenters. The monoisotopic (exact) mass is 326 g/mol. The number of rotatable bonds is 2. The van der Waals surface area contributed by atoms with E-state index in [4.69, 9.17) is 0 Å². The average molecular weight is 326 g/mol. The molecule has 0 saturated heterocycles. The van der Waals surface area contributed by atoms with Gasteiger partial charge in [0.1, 0.15) is 11.5 Å². The molecule has 0 bridgehead atoms. The molecule has 0 fully saturated rings. The van der Waals surface area contributed by atoms with Gasteiger partial charge in [0, 0.05) is 24.2 Å². The molecule has 3 rings (SSSR count). The van der Waals surface area contributed by atoms with Crippen molar-refractivity contribution >= 4 is 22.8 Å². The molecule has 0 atom stereocenters. The van der Waals surface area contributed by atoms with Crippen molar-refractivity contribution in [2.75, 3.05) is 6.26 Å². The van der Waals surface area contributed by atoms with Gasteiger partial charge in [-0.25, -0.2) is 14.4 Å². The molecular formula is C16H11FN4OS. The van der Waals surface area contributed by atoms with Crippen LogP contribution in [0.25, 0.3) is 22.2 Å². The molecule has 114 valence electrons. The smallest absolute Gasteiger partial charge is 0.259 e. The molecule has 0 radical (unpaired) electrons. The van der Waals surface area contributed by atoms with Crippen LogP contribution in [0, 0.1) is 17.1 Å². The Bertz CT molecular complexity index is 1020. The van der Waals surface area contributed by atoms with Gasteiger partial charge in [0.15, 0.2) is 5.16 Å². The number of thioether (sulfide) groups is 1. The lowest BCUT2D eigenvalue weighted by Gasteiger charge is -2.10. The van der Waals surface area contributed by atoms with Crippen molar-refractivity contribution in [1.82, 2.24) is 14.5 Å². The Labute approximate surface area is 135 Å². The molecule has 2 aromatic heterocycles. The van der Waals surface area contributed by atoms with Gasteiger partial charge in [0.25, 0.3) is 5.56 Å². The van der Waals surface area contributed by atoms with Crippen molar-refractivity contribution in [1.29, 1.82) is 5.26 Å². The second kappa shape index (κ2) is 5.82. The minimum atomic E-state index is -0.609. The average Bonchev–Trinajstić information content (AvgIpc) is 2.57. The normalized spacial score (nSPS) is 10.7. The van der Waals surface area contributed by atoms with Gasteiger partial charge in [-0.05, 0) is 24.5 Å². The third-order valence-corrected chi connectivity index (χ3v) is 4.07. The number of pyridine rings is 1. The fourth-order valence-corrected chi connectivity index (χ4v) is 2.74. The predicted molar refractivity (Wildman–Crippen MR) is 86.7 cm³/mol. The Morgan fingerprint density at radius 3 is 2.87 bits per heavy atom. The molecule has 23 heavy (non-hydrogen) atoms. The van der Waals surface area contributed by atoms with Crippen molar-refractivity contribution in [2.45, 2.75) is 5.16 Å². The van der Waals surface area contributed by atoms with Crippen LogP contribution in [-0.2, 0) is 7.05 Å². The number of hydrogen-bond acceptors (Lipinski definition) is 5. The lowest BCUT2D eigenvalue weighted by molar-refractivity contribution is 0.630. The summed E-state index contributed by atoms with van der Waals surface area (Å²) in [5.41, 5.74) is 0.294. The summed E-state index contributed by atoms with van der Waals surface area (Å²) in [5.74, 6) is -0.609. The van der Waals surface area contributed by atoms with Crippen LogP contribution in [0.4, 0.5) is 4.39 Å². The van der Waals surface area contributed by atoms with E-state index < -0.39 is 11.4 Å². The van der Waals surface area contributed by atoms with E-state index in [9.17, 15) is 14.4 Å². The number of nitriles is 1. The first-order valence-corrected chi connectivity index (χ1v) is 7.89. The number of hydrogen-bond donors (Lipinski definition) is 0. The van der Waals surface area contributed by atoms with Gasteiger partial charge in [0.05, 0.1) is 17.2 Å². The maximum atomic E-state index is 14.2. The molecular weight excluding hydrogens is 315 g/mol. The zero-order chi connectivity index (χ0) is 16.6. The summed E-state index contributed by atoms with van der Waals surface area (Å²) < 4.78 is 15.6. The highest BCUT2D eigenvalue weighted by atomic mass is 32.2. The Kier molecular flexibility index (Phi) is 3.84. The number of halogens is 1. The Balaban J connectivity index is 2.40. The second-order valence-electron chi connectivity index (χ2n) is 4.83. The van der Waals surface area contributed by atoms with E-state index in [1.165, 1.54) is 40.6 Å². The fraction of sp³-hybridized carbons (Fsp3) is 0.125. The van der Waals surface area contributed by atoms with E-state index in [0.717, 1.165) is 0 Å². The summed E-state index contributed by atoms with van der Waals surface area (Å²) in [5, 5.41) is 10.3. The van der Waals surface area contributed by atoms with Gasteiger partial charge in [-0.15, -0.1) is 0 Å². The molecule has 0 amide bonds. The highest BCUT2D eigenvalue weighted by Gasteiger charge is 2.17. The molecule has 0 spiro atoms. The second-order valence-corrected chi connectivity index (χ2v) is 5.61. The number of aryl methyl sites for hydroxylation is 1. The largest absolute Gasteiger partial charge is 0.295 e. The molecule has 3 aromatic rings. The van der Waals surface area contributed by atoms with Gasteiger partial charge in [-0.3, -0.25) is 9.36 Å². The third kappa shape index (κ3) is 2.47. The zero-order valence-electron chi connectivity index (χ0n) is 12.4. The van der Waals surface area contributed by atoms with E-state index in [0.29, 0.717) is 16.2 Å². The van der Waals surface area contributed by atoms with Crippen LogP contribution >= 0.6 is 11.8 Å². The summed E-state index contributed by atoms with van der Waals surface area (Å²) in [7, 11) is 1.57. The summed E-state index contributed by atoms with van der Waals surface area (Å²) in [6, 6.07) is 7.61. The van der Waals surface area contributed by atoms with Gasteiger partial charge in [0.2, 0.25) is 0 Å². The number of fused-ring (bicyclic) bond motifs is 1. The number of aromatic nitrogens is 3. The van der Waals surface area contributed by atoms with Gasteiger partial charge < -0.3 is 0 Å². The molecule has 1 aromatic carbocycles. The Morgan fingerprint density at radius 1 is 1.39 bits per heavy atom. The Hall–Kier alpha value is -2.72. The molecule has 2 heterocycles. The number of nitrogens with zero attached hydrogens (tertiary/aromatic N) is 4. The first-order chi connectivity index (χ1) is 11.1. The van der Waals surface area contributed by atoms with Crippen molar-refractivity contribution < 1.29 is 4.39 Å². The van der Waals surface area contributed by atoms with E-state index >= 15 is 0 Å². The van der Waals surface area contributed by atoms with Crippen molar-refractivity contribution in [3.05, 3.63) is 52.2 Å². The first kappa shape index (κ1) is 15.2. The fourth-order valence-electron chi connectivity index (χ4n) is 2.40. The summed E-state index contributed by atoms with van der Waals surface area (Å²) >= 11 is 1.37. The lowest BCUT2D eigenvalue weighted by Crippen LogP contribution is -2.20. The van der Waals surface area contributed by atoms with E-state index in [-0.39, 0.29) is 16.7 Å². The molecule has 0 saturated carbocycles. The maximum absolute atomic E-state index is 14.2. The van der Waals surface area contributed by atoms with Crippen LogP contribution in [0.15, 0.2) is 40.4 Å². The molecule has 5 nitrogen and oxygen atoms in total. The summed E-state index contributed by atoms with van der Waals surface area (Å²) in [6.45, 7) is 0. The van der Waals surface area contributed by atoms with Crippen LogP contribution in [0.1, 0.15) is 5.56 Å². The van der Waals surface area contributed by atoms with Crippen LogP contribution < -0.4 is 5.56 Å². The number of benzene rings is 1. The van der Waals surface area contributed by atoms with Crippen LogP contribution in [0.3, 0.4) is 0 Å². The van der Waals surface area contributed by atoms with Crippen LogP contribution in [0.2, 0.25) is 0 Å². The van der Waals surface area contributed by atoms with Crippen molar-refractivity contribution in [3.63, 3.8) is 0 Å². The minimum Gasteiger partial charge on any atom is -0.295 e. The topological polar surface area (TPSA) is 71.6 Å². The lowest BCUT2D eigenvalue weighted by atomic mass is 10.00. The maximum Gasteiger partial charge on any atom is 0.259 e. The van der Waals surface area contributed by atoms with E-state index in [1.807, 2.05) is 12.3 Å². The molecule has 0 N–H and O–H groups in total. The predicted octanol–water partition coefficient (Wildman–Crippen LogP) is 2.73. The molecule has 0 aliphatic heterocycles. The van der Waals surface area contributed by atoms with Crippen LogP contribution in [0.5, 0.6) is 0 Å². The highest BCUT2D eigenvalue weighted by molar-refractivity contribution is 7.98. The van der Waals surface area contributed by atoms with Gasteiger partial charge in [-0.1, -0.05) is 17.8 Å². The van der Waals surface area contributed by atoms with E-state index in [1.54, 1.807) is 13.2 Å². The SMILES string of the molecule is CSc1ncc2cc(-c3c(F)cccc3C#N)c(=O)n(C)c2n1. The molecule has 7 heteroatoms. The Morgan fingerprint density at radius 2 is 2.17 bits per heavy atom. The molecule has 0 aliphatic carbocycles.